The average Bonchev–Trinajstić information content (AvgIpc) is 2.75. The van der Waals surface area contributed by atoms with E-state index in [1.807, 2.05) is 43.4 Å². The molecule has 2 aromatic rings. The fourth-order valence-electron chi connectivity index (χ4n) is 3.70. The van der Waals surface area contributed by atoms with E-state index in [1.54, 1.807) is 17.0 Å². The molecule has 154 valence electrons. The predicted octanol–water partition coefficient (Wildman–Crippen LogP) is 1.81. The number of rotatable bonds is 5. The molecule has 0 aromatic heterocycles. The van der Waals surface area contributed by atoms with Crippen molar-refractivity contribution >= 4 is 11.6 Å². The zero-order chi connectivity index (χ0) is 20.2. The molecule has 1 saturated heterocycles. The molecule has 0 bridgehead atoms. The third-order valence-electron chi connectivity index (χ3n) is 5.42. The molecule has 1 amide bonds. The first-order valence-electron chi connectivity index (χ1n) is 9.97. The Hall–Kier alpha value is -2.93. The number of amides is 1. The predicted molar refractivity (Wildman–Crippen MR) is 111 cm³/mol. The van der Waals surface area contributed by atoms with Crippen molar-refractivity contribution < 1.29 is 19.4 Å². The number of piperazine rings is 1. The van der Waals surface area contributed by atoms with E-state index < -0.39 is 0 Å². The number of ether oxygens (including phenoxy) is 2. The van der Waals surface area contributed by atoms with E-state index >= 15 is 0 Å². The van der Waals surface area contributed by atoms with Gasteiger partial charge in [0, 0.05) is 38.9 Å². The Morgan fingerprint density at radius 1 is 1.07 bits per heavy atom. The second kappa shape index (κ2) is 8.61. The van der Waals surface area contributed by atoms with Crippen LogP contribution in [0.5, 0.6) is 17.2 Å². The van der Waals surface area contributed by atoms with Gasteiger partial charge in [0.25, 0.3) is 0 Å². The Labute approximate surface area is 171 Å². The Bertz CT molecular complexity index is 834. The van der Waals surface area contributed by atoms with E-state index in [0.29, 0.717) is 19.7 Å². The molecule has 2 aliphatic rings. The van der Waals surface area contributed by atoms with Crippen molar-refractivity contribution in [3.63, 3.8) is 0 Å². The monoisotopic (exact) mass is 397 g/mol. The maximum Gasteiger partial charge on any atom is 0.236 e. The lowest BCUT2D eigenvalue weighted by atomic mass is 10.2. The van der Waals surface area contributed by atoms with Crippen LogP contribution in [0.1, 0.15) is 0 Å². The highest BCUT2D eigenvalue weighted by Gasteiger charge is 2.25. The van der Waals surface area contributed by atoms with Crippen LogP contribution in [-0.2, 0) is 4.79 Å². The Morgan fingerprint density at radius 3 is 2.48 bits per heavy atom. The summed E-state index contributed by atoms with van der Waals surface area (Å²) in [6.07, 6.45) is -0.162. The standard InChI is InChI=1S/C22H27N3O4/c1-23(14-19-16-28-20-4-2-3-5-21(20)29-19)22(27)15-24-10-12-25(13-11-24)17-6-8-18(26)9-7-17/h2-9,19,26H,10-16H2,1H3/t19-/m1/s1. The van der Waals surface area contributed by atoms with Crippen LogP contribution in [0.2, 0.25) is 0 Å². The quantitative estimate of drug-likeness (QED) is 0.830. The van der Waals surface area contributed by atoms with E-state index in [-0.39, 0.29) is 17.8 Å². The summed E-state index contributed by atoms with van der Waals surface area (Å²) in [4.78, 5) is 18.9. The minimum absolute atomic E-state index is 0.0885. The molecule has 29 heavy (non-hydrogen) atoms. The summed E-state index contributed by atoms with van der Waals surface area (Å²) in [6, 6.07) is 14.9. The molecular weight excluding hydrogens is 370 g/mol. The highest BCUT2D eigenvalue weighted by molar-refractivity contribution is 5.78. The van der Waals surface area contributed by atoms with Gasteiger partial charge in [0.15, 0.2) is 17.6 Å². The van der Waals surface area contributed by atoms with Crippen LogP contribution in [0, 0.1) is 0 Å². The van der Waals surface area contributed by atoms with Gasteiger partial charge in [-0.2, -0.15) is 0 Å². The number of aromatic hydroxyl groups is 1. The molecule has 1 N–H and O–H groups in total. The van der Waals surface area contributed by atoms with Crippen LogP contribution in [0.4, 0.5) is 5.69 Å². The SMILES string of the molecule is CN(C[C@@H]1COc2ccccc2O1)C(=O)CN1CCN(c2ccc(O)cc2)CC1. The molecule has 2 heterocycles. The summed E-state index contributed by atoms with van der Waals surface area (Å²) >= 11 is 0. The van der Waals surface area contributed by atoms with E-state index in [9.17, 15) is 9.90 Å². The van der Waals surface area contributed by atoms with E-state index in [4.69, 9.17) is 9.47 Å². The summed E-state index contributed by atoms with van der Waals surface area (Å²) in [6.45, 7) is 4.73. The first-order chi connectivity index (χ1) is 14.1. The number of benzene rings is 2. The van der Waals surface area contributed by atoms with Crippen LogP contribution in [-0.4, -0.2) is 79.8 Å². The Balaban J connectivity index is 1.23. The summed E-state index contributed by atoms with van der Waals surface area (Å²) in [5.74, 6) is 1.85. The number of phenolic OH excluding ortho intramolecular Hbond substituents is 1. The molecule has 2 aliphatic heterocycles. The van der Waals surface area contributed by atoms with Gasteiger partial charge >= 0.3 is 0 Å². The number of fused-ring (bicyclic) bond motifs is 1. The third-order valence-corrected chi connectivity index (χ3v) is 5.42. The van der Waals surface area contributed by atoms with Crippen molar-refractivity contribution in [3.8, 4) is 17.2 Å². The van der Waals surface area contributed by atoms with Gasteiger partial charge in [0.1, 0.15) is 12.4 Å². The smallest absolute Gasteiger partial charge is 0.236 e. The molecule has 0 saturated carbocycles. The van der Waals surface area contributed by atoms with Crippen LogP contribution in [0.15, 0.2) is 48.5 Å². The topological polar surface area (TPSA) is 65.5 Å². The van der Waals surface area contributed by atoms with Crippen molar-refractivity contribution in [3.05, 3.63) is 48.5 Å². The second-order valence-corrected chi connectivity index (χ2v) is 7.55. The van der Waals surface area contributed by atoms with Gasteiger partial charge in [-0.3, -0.25) is 9.69 Å². The van der Waals surface area contributed by atoms with Crippen molar-refractivity contribution in [1.29, 1.82) is 0 Å². The second-order valence-electron chi connectivity index (χ2n) is 7.55. The number of hydrogen-bond donors (Lipinski definition) is 1. The molecule has 1 atom stereocenters. The van der Waals surface area contributed by atoms with E-state index in [0.717, 1.165) is 43.4 Å². The lowest BCUT2D eigenvalue weighted by Crippen LogP contribution is -2.51. The van der Waals surface area contributed by atoms with Gasteiger partial charge in [-0.05, 0) is 36.4 Å². The molecule has 0 unspecified atom stereocenters. The van der Waals surface area contributed by atoms with Gasteiger partial charge in [-0.25, -0.2) is 0 Å². The number of nitrogens with zero attached hydrogens (tertiary/aromatic N) is 3. The number of likely N-dealkylation sites (N-methyl/N-ethyl adjacent to an activating group) is 1. The lowest BCUT2D eigenvalue weighted by molar-refractivity contribution is -0.132. The number of carbonyl (C=O) groups excluding carboxylic acids is 1. The summed E-state index contributed by atoms with van der Waals surface area (Å²) in [5.41, 5.74) is 1.10. The van der Waals surface area contributed by atoms with Crippen molar-refractivity contribution in [2.24, 2.45) is 0 Å². The molecule has 1 fully saturated rings. The highest BCUT2D eigenvalue weighted by atomic mass is 16.6. The van der Waals surface area contributed by atoms with Gasteiger partial charge in [0.05, 0.1) is 13.1 Å². The maximum atomic E-state index is 12.7. The van der Waals surface area contributed by atoms with Crippen LogP contribution in [0.3, 0.4) is 0 Å². The molecular formula is C22H27N3O4. The molecule has 0 spiro atoms. The van der Waals surface area contributed by atoms with E-state index in [1.165, 1.54) is 0 Å². The molecule has 0 radical (unpaired) electrons. The summed E-state index contributed by atoms with van der Waals surface area (Å²) in [5, 5.41) is 9.43. The Kier molecular flexibility index (Phi) is 5.76. The van der Waals surface area contributed by atoms with Crippen molar-refractivity contribution in [1.82, 2.24) is 9.80 Å². The van der Waals surface area contributed by atoms with Gasteiger partial charge in [0.2, 0.25) is 5.91 Å². The van der Waals surface area contributed by atoms with Gasteiger partial charge in [-0.1, -0.05) is 12.1 Å². The maximum absolute atomic E-state index is 12.7. The fraction of sp³-hybridized carbons (Fsp3) is 0.409. The minimum Gasteiger partial charge on any atom is -0.508 e. The summed E-state index contributed by atoms with van der Waals surface area (Å²) < 4.78 is 11.7. The molecule has 4 rings (SSSR count). The first kappa shape index (κ1) is 19.4. The number of para-hydroxylation sites is 2. The van der Waals surface area contributed by atoms with Crippen molar-refractivity contribution in [2.75, 3.05) is 57.8 Å². The van der Waals surface area contributed by atoms with Gasteiger partial charge < -0.3 is 24.4 Å². The minimum atomic E-state index is -0.162. The normalized spacial score (nSPS) is 19.1. The van der Waals surface area contributed by atoms with Crippen LogP contribution >= 0.6 is 0 Å². The molecule has 2 aromatic carbocycles. The fourth-order valence-corrected chi connectivity index (χ4v) is 3.70. The Morgan fingerprint density at radius 2 is 1.76 bits per heavy atom. The number of carbonyl (C=O) groups is 1. The van der Waals surface area contributed by atoms with Crippen LogP contribution < -0.4 is 14.4 Å². The first-order valence-corrected chi connectivity index (χ1v) is 9.97. The molecule has 7 nitrogen and oxygen atoms in total. The number of phenols is 1. The third kappa shape index (κ3) is 4.74. The molecule has 7 heteroatoms. The van der Waals surface area contributed by atoms with Gasteiger partial charge in [-0.15, -0.1) is 0 Å². The zero-order valence-electron chi connectivity index (χ0n) is 16.7. The number of anilines is 1. The highest BCUT2D eigenvalue weighted by Crippen LogP contribution is 2.31. The van der Waals surface area contributed by atoms with Crippen LogP contribution in [0.25, 0.3) is 0 Å². The number of hydrogen-bond acceptors (Lipinski definition) is 6. The lowest BCUT2D eigenvalue weighted by Gasteiger charge is -2.36. The molecule has 0 aliphatic carbocycles. The average molecular weight is 397 g/mol. The zero-order valence-corrected chi connectivity index (χ0v) is 16.7. The largest absolute Gasteiger partial charge is 0.508 e. The summed E-state index contributed by atoms with van der Waals surface area (Å²) in [7, 11) is 1.82. The van der Waals surface area contributed by atoms with E-state index in [2.05, 4.69) is 9.80 Å². The van der Waals surface area contributed by atoms with Crippen molar-refractivity contribution in [2.45, 2.75) is 6.10 Å².